The van der Waals surface area contributed by atoms with E-state index in [4.69, 9.17) is 20.9 Å². The number of aromatic nitrogens is 2. The molecule has 0 unspecified atom stereocenters. The van der Waals surface area contributed by atoms with Crippen LogP contribution in [0.4, 0.5) is 5.13 Å². The van der Waals surface area contributed by atoms with Crippen LogP contribution in [0.3, 0.4) is 0 Å². The molecule has 0 spiro atoms. The summed E-state index contributed by atoms with van der Waals surface area (Å²) in [6.07, 6.45) is 2.23. The molecule has 0 radical (unpaired) electrons. The van der Waals surface area contributed by atoms with Gasteiger partial charge in [0.05, 0.1) is 23.0 Å². The molecule has 2 aromatic heterocycles. The Kier molecular flexibility index (Phi) is 5.75. The monoisotopic (exact) mass is 394 g/mol. The minimum atomic E-state index is -0.282. The van der Waals surface area contributed by atoms with Gasteiger partial charge >= 0.3 is 0 Å². The number of fused-ring (bicyclic) bond motifs is 1. The van der Waals surface area contributed by atoms with Crippen LogP contribution in [0.2, 0.25) is 5.02 Å². The number of halogens is 1. The Morgan fingerprint density at radius 2 is 2.12 bits per heavy atom. The highest BCUT2D eigenvalue weighted by Gasteiger charge is 2.25. The molecule has 3 rings (SSSR count). The van der Waals surface area contributed by atoms with Gasteiger partial charge in [0.1, 0.15) is 11.3 Å². The van der Waals surface area contributed by atoms with E-state index in [0.29, 0.717) is 28.0 Å². The molecule has 0 aliphatic carbocycles. The first-order valence-electron chi connectivity index (χ1n) is 8.01. The Hall–Kier alpha value is -2.16. The molecule has 2 heterocycles. The molecule has 26 heavy (non-hydrogen) atoms. The van der Waals surface area contributed by atoms with Crippen molar-refractivity contribution in [3.8, 4) is 5.75 Å². The molecular weight excluding hydrogens is 376 g/mol. The fourth-order valence-electron chi connectivity index (χ4n) is 2.51. The van der Waals surface area contributed by atoms with Gasteiger partial charge in [0.15, 0.2) is 5.13 Å². The van der Waals surface area contributed by atoms with E-state index in [1.807, 2.05) is 14.1 Å². The van der Waals surface area contributed by atoms with Gasteiger partial charge in [-0.05, 0) is 39.2 Å². The summed E-state index contributed by atoms with van der Waals surface area (Å²) in [6, 6.07) is 5.07. The minimum absolute atomic E-state index is 0.173. The number of thiazole rings is 1. The predicted molar refractivity (Wildman–Crippen MR) is 103 cm³/mol. The van der Waals surface area contributed by atoms with Crippen molar-refractivity contribution < 1.29 is 14.1 Å². The molecular formula is C17H19ClN4O3S. The van der Waals surface area contributed by atoms with Crippen molar-refractivity contribution in [3.05, 3.63) is 35.2 Å². The number of amides is 1. The molecule has 7 nitrogen and oxygen atoms in total. The summed E-state index contributed by atoms with van der Waals surface area (Å²) in [5.74, 6) is 0.509. The van der Waals surface area contributed by atoms with E-state index in [9.17, 15) is 4.79 Å². The van der Waals surface area contributed by atoms with Crippen molar-refractivity contribution in [2.75, 3.05) is 39.2 Å². The molecule has 9 heteroatoms. The van der Waals surface area contributed by atoms with Crippen LogP contribution >= 0.6 is 22.9 Å². The summed E-state index contributed by atoms with van der Waals surface area (Å²) in [5.41, 5.74) is 0.642. The first-order valence-corrected chi connectivity index (χ1v) is 9.21. The lowest BCUT2D eigenvalue weighted by atomic mass is 10.3. The molecule has 0 fully saturated rings. The van der Waals surface area contributed by atoms with E-state index < -0.39 is 0 Å². The van der Waals surface area contributed by atoms with Gasteiger partial charge in [-0.2, -0.15) is 0 Å². The largest absolute Gasteiger partial charge is 0.494 e. The van der Waals surface area contributed by atoms with Gasteiger partial charge in [-0.3, -0.25) is 9.69 Å². The van der Waals surface area contributed by atoms with Crippen molar-refractivity contribution in [1.29, 1.82) is 0 Å². The second-order valence-electron chi connectivity index (χ2n) is 5.91. The maximum absolute atomic E-state index is 12.9. The number of carbonyl (C=O) groups excluding carboxylic acids is 1. The second-order valence-corrected chi connectivity index (χ2v) is 7.30. The molecule has 3 aromatic rings. The Morgan fingerprint density at radius 3 is 2.77 bits per heavy atom. The Morgan fingerprint density at radius 1 is 1.31 bits per heavy atom. The Balaban J connectivity index is 1.99. The maximum Gasteiger partial charge on any atom is 0.298 e. The number of hydrogen-bond acceptors (Lipinski definition) is 7. The number of carbonyl (C=O) groups is 1. The second kappa shape index (κ2) is 8.03. The lowest BCUT2D eigenvalue weighted by Gasteiger charge is -2.19. The lowest BCUT2D eigenvalue weighted by Crippen LogP contribution is -2.33. The zero-order chi connectivity index (χ0) is 18.7. The van der Waals surface area contributed by atoms with Crippen molar-refractivity contribution in [2.24, 2.45) is 0 Å². The molecule has 0 N–H and O–H groups in total. The van der Waals surface area contributed by atoms with Crippen molar-refractivity contribution in [1.82, 2.24) is 15.0 Å². The van der Waals surface area contributed by atoms with Gasteiger partial charge in [-0.15, -0.1) is 0 Å². The SMILES string of the molecule is COc1ccc(Cl)c2sc(N(CCCN(C)C)C(=O)c3ccno3)nc12. The van der Waals surface area contributed by atoms with Crippen LogP contribution in [0.25, 0.3) is 10.2 Å². The summed E-state index contributed by atoms with van der Waals surface area (Å²) < 4.78 is 11.2. The zero-order valence-electron chi connectivity index (χ0n) is 14.7. The van der Waals surface area contributed by atoms with Crippen molar-refractivity contribution in [2.45, 2.75) is 6.42 Å². The van der Waals surface area contributed by atoms with E-state index in [0.717, 1.165) is 17.7 Å². The summed E-state index contributed by atoms with van der Waals surface area (Å²) in [4.78, 5) is 21.2. The minimum Gasteiger partial charge on any atom is -0.494 e. The number of anilines is 1. The first-order chi connectivity index (χ1) is 12.5. The Bertz CT molecular complexity index is 895. The topological polar surface area (TPSA) is 71.7 Å². The number of methoxy groups -OCH3 is 1. The molecule has 0 bridgehead atoms. The fourth-order valence-corrected chi connectivity index (χ4v) is 3.79. The molecule has 1 aromatic carbocycles. The van der Waals surface area contributed by atoms with Crippen LogP contribution in [0.1, 0.15) is 17.0 Å². The number of hydrogen-bond donors (Lipinski definition) is 0. The average Bonchev–Trinajstić information content (AvgIpc) is 3.28. The van der Waals surface area contributed by atoms with Gasteiger partial charge in [0.2, 0.25) is 5.76 Å². The third-order valence-electron chi connectivity index (χ3n) is 3.78. The van der Waals surface area contributed by atoms with Gasteiger partial charge in [0.25, 0.3) is 5.91 Å². The van der Waals surface area contributed by atoms with Crippen LogP contribution in [0.5, 0.6) is 5.75 Å². The van der Waals surface area contributed by atoms with Crippen LogP contribution in [0, 0.1) is 0 Å². The van der Waals surface area contributed by atoms with E-state index in [2.05, 4.69) is 15.0 Å². The summed E-state index contributed by atoms with van der Waals surface area (Å²) in [7, 11) is 5.56. The van der Waals surface area contributed by atoms with Gasteiger partial charge in [0, 0.05) is 12.6 Å². The van der Waals surface area contributed by atoms with E-state index >= 15 is 0 Å². The maximum atomic E-state index is 12.9. The van der Waals surface area contributed by atoms with Crippen molar-refractivity contribution in [3.63, 3.8) is 0 Å². The van der Waals surface area contributed by atoms with Crippen molar-refractivity contribution >= 4 is 44.2 Å². The standard InChI is InChI=1S/C17H19ClN4O3S/c1-21(2)9-4-10-22(16(23)13-7-8-19-25-13)17-20-14-12(24-3)6-5-11(18)15(14)26-17/h5-8H,4,9-10H2,1-3H3. The predicted octanol–water partition coefficient (Wildman–Crippen LogP) is 3.54. The normalized spacial score (nSPS) is 11.3. The smallest absolute Gasteiger partial charge is 0.298 e. The van der Waals surface area contributed by atoms with E-state index in [1.54, 1.807) is 30.2 Å². The molecule has 1 amide bonds. The summed E-state index contributed by atoms with van der Waals surface area (Å²) in [5, 5.41) is 4.74. The number of rotatable bonds is 7. The van der Waals surface area contributed by atoms with Gasteiger partial charge < -0.3 is 14.2 Å². The average molecular weight is 395 g/mol. The lowest BCUT2D eigenvalue weighted by molar-refractivity contribution is 0.0950. The van der Waals surface area contributed by atoms with E-state index in [-0.39, 0.29) is 11.7 Å². The van der Waals surface area contributed by atoms with Gasteiger partial charge in [-0.25, -0.2) is 4.98 Å². The molecule has 0 atom stereocenters. The van der Waals surface area contributed by atoms with Gasteiger partial charge in [-0.1, -0.05) is 28.1 Å². The number of benzene rings is 1. The highest BCUT2D eigenvalue weighted by molar-refractivity contribution is 7.23. The Labute approximate surface area is 160 Å². The summed E-state index contributed by atoms with van der Waals surface area (Å²) in [6.45, 7) is 1.34. The van der Waals surface area contributed by atoms with Crippen LogP contribution < -0.4 is 9.64 Å². The third-order valence-corrected chi connectivity index (χ3v) is 5.32. The summed E-state index contributed by atoms with van der Waals surface area (Å²) >= 11 is 7.66. The van der Waals surface area contributed by atoms with E-state index in [1.165, 1.54) is 17.5 Å². The van der Waals surface area contributed by atoms with Crippen LogP contribution in [0.15, 0.2) is 28.9 Å². The number of nitrogens with zero attached hydrogens (tertiary/aromatic N) is 4. The molecule has 138 valence electrons. The molecule has 0 aliphatic rings. The highest BCUT2D eigenvalue weighted by Crippen LogP contribution is 2.39. The molecule has 0 saturated heterocycles. The quantitative estimate of drug-likeness (QED) is 0.610. The van der Waals surface area contributed by atoms with Crippen LogP contribution in [-0.4, -0.2) is 55.2 Å². The molecule has 0 saturated carbocycles. The highest BCUT2D eigenvalue weighted by atomic mass is 35.5. The number of ether oxygens (including phenoxy) is 1. The molecule has 0 aliphatic heterocycles. The first kappa shape index (κ1) is 18.6. The third kappa shape index (κ3) is 3.82. The zero-order valence-corrected chi connectivity index (χ0v) is 16.3. The van der Waals surface area contributed by atoms with Crippen LogP contribution in [-0.2, 0) is 0 Å². The fraction of sp³-hybridized carbons (Fsp3) is 0.353.